The van der Waals surface area contributed by atoms with E-state index in [1.165, 1.54) is 30.5 Å². The van der Waals surface area contributed by atoms with Crippen molar-refractivity contribution in [3.63, 3.8) is 0 Å². The third-order valence-corrected chi connectivity index (χ3v) is 5.37. The molecule has 1 heterocycles. The van der Waals surface area contributed by atoms with Crippen molar-refractivity contribution in [1.82, 2.24) is 0 Å². The Balaban J connectivity index is 2.08. The molecule has 0 spiro atoms. The van der Waals surface area contributed by atoms with E-state index < -0.39 is 0 Å². The zero-order valence-electron chi connectivity index (χ0n) is 11.5. The van der Waals surface area contributed by atoms with Crippen molar-refractivity contribution in [3.8, 4) is 0 Å². The number of fused-ring (bicyclic) bond motifs is 2. The van der Waals surface area contributed by atoms with Crippen LogP contribution in [0.1, 0.15) is 45.6 Å². The number of para-hydroxylation sites is 1. The van der Waals surface area contributed by atoms with Gasteiger partial charge in [0.2, 0.25) is 0 Å². The smallest absolute Gasteiger partial charge is 0.0403 e. The summed E-state index contributed by atoms with van der Waals surface area (Å²) < 4.78 is 0. The van der Waals surface area contributed by atoms with Crippen LogP contribution in [0.2, 0.25) is 0 Å². The van der Waals surface area contributed by atoms with E-state index in [1.807, 2.05) is 0 Å². The van der Waals surface area contributed by atoms with Crippen LogP contribution >= 0.6 is 0 Å². The van der Waals surface area contributed by atoms with E-state index in [9.17, 15) is 0 Å². The molecule has 2 fully saturated rings. The molecule has 1 aromatic carbocycles. The lowest BCUT2D eigenvalue weighted by Crippen LogP contribution is -2.48. The Labute approximate surface area is 105 Å². The third-order valence-electron chi connectivity index (χ3n) is 5.37. The fourth-order valence-electron chi connectivity index (χ4n) is 4.28. The van der Waals surface area contributed by atoms with Crippen molar-refractivity contribution in [2.75, 3.05) is 4.90 Å². The van der Waals surface area contributed by atoms with E-state index in [-0.39, 0.29) is 0 Å². The number of anilines is 1. The second-order valence-electron chi connectivity index (χ2n) is 6.66. The highest BCUT2D eigenvalue weighted by Crippen LogP contribution is 2.59. The number of benzene rings is 1. The highest BCUT2D eigenvalue weighted by Gasteiger charge is 2.58. The molecule has 2 aliphatic rings. The van der Waals surface area contributed by atoms with Gasteiger partial charge in [-0.25, -0.2) is 0 Å². The first-order valence-corrected chi connectivity index (χ1v) is 6.81. The Kier molecular flexibility index (Phi) is 2.14. The third kappa shape index (κ3) is 1.38. The van der Waals surface area contributed by atoms with Gasteiger partial charge in [-0.2, -0.15) is 0 Å². The fraction of sp³-hybridized carbons (Fsp3) is 0.625. The molecule has 1 aliphatic heterocycles. The van der Waals surface area contributed by atoms with Crippen molar-refractivity contribution in [2.24, 2.45) is 5.41 Å². The van der Waals surface area contributed by atoms with Crippen LogP contribution in [0.15, 0.2) is 24.3 Å². The molecule has 0 radical (unpaired) electrons. The zero-order chi connectivity index (χ0) is 12.3. The summed E-state index contributed by atoms with van der Waals surface area (Å²) >= 11 is 0. The minimum Gasteiger partial charge on any atom is -0.363 e. The molecule has 1 aliphatic carbocycles. The lowest BCUT2D eigenvalue weighted by atomic mass is 9.82. The second-order valence-corrected chi connectivity index (χ2v) is 6.66. The Hall–Kier alpha value is -0.980. The molecule has 0 N–H and O–H groups in total. The van der Waals surface area contributed by atoms with Crippen LogP contribution in [-0.2, 0) is 0 Å². The summed E-state index contributed by atoms with van der Waals surface area (Å²) in [7, 11) is 0. The number of piperidine rings is 1. The molecule has 0 aromatic heterocycles. The maximum atomic E-state index is 2.70. The van der Waals surface area contributed by atoms with E-state index in [2.05, 4.69) is 56.9 Å². The first kappa shape index (κ1) is 11.1. The van der Waals surface area contributed by atoms with Crippen LogP contribution in [0, 0.1) is 12.3 Å². The summed E-state index contributed by atoms with van der Waals surface area (Å²) in [5, 5.41) is 0. The van der Waals surface area contributed by atoms with Gasteiger partial charge in [-0.05, 0) is 57.1 Å². The summed E-state index contributed by atoms with van der Waals surface area (Å²) in [6.45, 7) is 9.58. The average Bonchev–Trinajstić information content (AvgIpc) is 2.68. The number of nitrogens with zero attached hydrogens (tertiary/aromatic N) is 1. The van der Waals surface area contributed by atoms with E-state index in [0.29, 0.717) is 17.0 Å². The van der Waals surface area contributed by atoms with Gasteiger partial charge >= 0.3 is 0 Å². The second kappa shape index (κ2) is 3.28. The van der Waals surface area contributed by atoms with Gasteiger partial charge in [-0.1, -0.05) is 25.1 Å². The van der Waals surface area contributed by atoms with E-state index >= 15 is 0 Å². The average molecular weight is 229 g/mol. The van der Waals surface area contributed by atoms with E-state index in [1.54, 1.807) is 0 Å². The quantitative estimate of drug-likeness (QED) is 0.699. The molecule has 2 bridgehead atoms. The summed E-state index contributed by atoms with van der Waals surface area (Å²) in [6, 6.07) is 9.51. The maximum Gasteiger partial charge on any atom is 0.0403 e. The predicted molar refractivity (Wildman–Crippen MR) is 73.5 cm³/mol. The van der Waals surface area contributed by atoms with Crippen molar-refractivity contribution < 1.29 is 0 Å². The molecule has 1 nitrogen and oxygen atoms in total. The van der Waals surface area contributed by atoms with E-state index in [0.717, 1.165) is 0 Å². The van der Waals surface area contributed by atoms with Gasteiger partial charge in [0, 0.05) is 17.3 Å². The maximum absolute atomic E-state index is 2.70. The van der Waals surface area contributed by atoms with Crippen LogP contribution in [0.3, 0.4) is 0 Å². The minimum atomic E-state index is 0.389. The molecular formula is C16H23N. The number of rotatable bonds is 1. The lowest BCUT2D eigenvalue weighted by molar-refractivity contribution is 0.290. The highest BCUT2D eigenvalue weighted by molar-refractivity contribution is 5.58. The van der Waals surface area contributed by atoms with Gasteiger partial charge < -0.3 is 4.90 Å². The van der Waals surface area contributed by atoms with Gasteiger partial charge in [-0.3, -0.25) is 0 Å². The molecule has 17 heavy (non-hydrogen) atoms. The minimum absolute atomic E-state index is 0.389. The SMILES string of the molecule is Cc1ccccc1N1C(C)C2(C)CCC1(C)C2. The zero-order valence-corrected chi connectivity index (χ0v) is 11.5. The van der Waals surface area contributed by atoms with E-state index in [4.69, 9.17) is 0 Å². The van der Waals surface area contributed by atoms with Gasteiger partial charge in [-0.15, -0.1) is 0 Å². The molecule has 1 aromatic rings. The highest BCUT2D eigenvalue weighted by atomic mass is 15.3. The first-order valence-electron chi connectivity index (χ1n) is 6.81. The number of aryl methyl sites for hydroxylation is 1. The molecule has 1 heteroatoms. The molecule has 0 amide bonds. The van der Waals surface area contributed by atoms with Gasteiger partial charge in [0.1, 0.15) is 0 Å². The molecule has 3 rings (SSSR count). The van der Waals surface area contributed by atoms with Crippen LogP contribution < -0.4 is 4.90 Å². The molecule has 3 atom stereocenters. The first-order chi connectivity index (χ1) is 7.96. The van der Waals surface area contributed by atoms with Crippen molar-refractivity contribution in [2.45, 2.75) is 58.5 Å². The van der Waals surface area contributed by atoms with Gasteiger partial charge in [0.15, 0.2) is 0 Å². The molecular weight excluding hydrogens is 206 g/mol. The van der Waals surface area contributed by atoms with Crippen molar-refractivity contribution in [1.29, 1.82) is 0 Å². The topological polar surface area (TPSA) is 3.24 Å². The van der Waals surface area contributed by atoms with Gasteiger partial charge in [0.05, 0.1) is 0 Å². The molecule has 1 saturated carbocycles. The Morgan fingerprint density at radius 2 is 1.88 bits per heavy atom. The summed E-state index contributed by atoms with van der Waals surface area (Å²) in [5.74, 6) is 0. The van der Waals surface area contributed by atoms with Crippen LogP contribution in [0.4, 0.5) is 5.69 Å². The van der Waals surface area contributed by atoms with Crippen LogP contribution in [-0.4, -0.2) is 11.6 Å². The Morgan fingerprint density at radius 1 is 1.18 bits per heavy atom. The molecule has 92 valence electrons. The normalized spacial score (nSPS) is 40.0. The lowest BCUT2D eigenvalue weighted by Gasteiger charge is -2.44. The molecule has 3 unspecified atom stereocenters. The fourth-order valence-corrected chi connectivity index (χ4v) is 4.28. The Morgan fingerprint density at radius 3 is 2.47 bits per heavy atom. The monoisotopic (exact) mass is 229 g/mol. The summed E-state index contributed by atoms with van der Waals surface area (Å²) in [6.07, 6.45) is 4.10. The number of hydrogen-bond donors (Lipinski definition) is 0. The Bertz CT molecular complexity index is 453. The van der Waals surface area contributed by atoms with Crippen molar-refractivity contribution in [3.05, 3.63) is 29.8 Å². The van der Waals surface area contributed by atoms with Crippen LogP contribution in [0.25, 0.3) is 0 Å². The summed E-state index contributed by atoms with van der Waals surface area (Å²) in [4.78, 5) is 2.70. The summed E-state index contributed by atoms with van der Waals surface area (Å²) in [5.41, 5.74) is 3.78. The largest absolute Gasteiger partial charge is 0.363 e. The van der Waals surface area contributed by atoms with Crippen LogP contribution in [0.5, 0.6) is 0 Å². The number of hydrogen-bond acceptors (Lipinski definition) is 1. The standard InChI is InChI=1S/C16H23N/c1-12-7-5-6-8-14(12)17-13(2)15(3)9-10-16(17,4)11-15/h5-8,13H,9-11H2,1-4H3. The van der Waals surface area contributed by atoms with Gasteiger partial charge in [0.25, 0.3) is 0 Å². The molecule has 1 saturated heterocycles. The predicted octanol–water partition coefficient (Wildman–Crippen LogP) is 4.15. The van der Waals surface area contributed by atoms with Crippen molar-refractivity contribution >= 4 is 5.69 Å².